The van der Waals surface area contributed by atoms with Gasteiger partial charge in [-0.3, -0.25) is 14.5 Å². The Kier molecular flexibility index (Phi) is 5.01. The highest BCUT2D eigenvalue weighted by atomic mass is 16.5. The number of hydrogen-bond acceptors (Lipinski definition) is 5. The first-order chi connectivity index (χ1) is 8.36. The minimum Gasteiger partial charge on any atom is -0.394 e. The van der Waals surface area contributed by atoms with Crippen LogP contribution in [-0.2, 0) is 14.3 Å². The van der Waals surface area contributed by atoms with Crippen molar-refractivity contribution in [3.8, 4) is 0 Å². The van der Waals surface area contributed by atoms with Crippen LogP contribution in [0.3, 0.4) is 0 Å². The number of ketones is 1. The third-order valence-electron chi connectivity index (χ3n) is 2.95. The van der Waals surface area contributed by atoms with Crippen molar-refractivity contribution in [3.63, 3.8) is 0 Å². The second-order valence-electron chi connectivity index (χ2n) is 4.41. The van der Waals surface area contributed by atoms with E-state index >= 15 is 0 Å². The van der Waals surface area contributed by atoms with Crippen molar-refractivity contribution in [2.24, 2.45) is 0 Å². The van der Waals surface area contributed by atoms with Crippen LogP contribution in [0, 0.1) is 0 Å². The quantitative estimate of drug-likeness (QED) is 0.681. The summed E-state index contributed by atoms with van der Waals surface area (Å²) >= 11 is 0. The molecule has 1 aliphatic heterocycles. The van der Waals surface area contributed by atoms with Gasteiger partial charge in [0.15, 0.2) is 5.78 Å². The molecule has 6 nitrogen and oxygen atoms in total. The molecule has 1 heterocycles. The molecule has 1 saturated heterocycles. The van der Waals surface area contributed by atoms with Crippen LogP contribution in [0.1, 0.15) is 27.2 Å². The summed E-state index contributed by atoms with van der Waals surface area (Å²) in [5.41, 5.74) is 0.427. The molecule has 1 amide bonds. The van der Waals surface area contributed by atoms with Crippen molar-refractivity contribution < 1.29 is 24.5 Å². The molecule has 6 heteroatoms. The van der Waals surface area contributed by atoms with E-state index in [1.54, 1.807) is 6.92 Å². The molecule has 0 radical (unpaired) electrons. The van der Waals surface area contributed by atoms with Crippen LogP contribution < -0.4 is 0 Å². The van der Waals surface area contributed by atoms with Crippen molar-refractivity contribution in [1.82, 2.24) is 4.90 Å². The van der Waals surface area contributed by atoms with Gasteiger partial charge in [0, 0.05) is 25.1 Å². The Hall–Kier alpha value is -1.24. The van der Waals surface area contributed by atoms with E-state index in [0.29, 0.717) is 5.57 Å². The van der Waals surface area contributed by atoms with Gasteiger partial charge in [-0.25, -0.2) is 0 Å². The van der Waals surface area contributed by atoms with E-state index in [2.05, 4.69) is 0 Å². The average molecular weight is 257 g/mol. The third kappa shape index (κ3) is 3.38. The minimum absolute atomic E-state index is 0.140. The molecule has 3 atom stereocenters. The van der Waals surface area contributed by atoms with Gasteiger partial charge in [-0.2, -0.15) is 0 Å². The highest BCUT2D eigenvalue weighted by molar-refractivity contribution is 5.93. The van der Waals surface area contributed by atoms with Gasteiger partial charge in [-0.05, 0) is 13.8 Å². The largest absolute Gasteiger partial charge is 0.394 e. The first-order valence-electron chi connectivity index (χ1n) is 5.79. The Balaban J connectivity index is 2.85. The Morgan fingerprint density at radius 3 is 2.39 bits per heavy atom. The van der Waals surface area contributed by atoms with Gasteiger partial charge >= 0.3 is 0 Å². The van der Waals surface area contributed by atoms with Gasteiger partial charge in [0.05, 0.1) is 12.7 Å². The molecule has 2 N–H and O–H groups in total. The minimum atomic E-state index is -0.812. The van der Waals surface area contributed by atoms with Gasteiger partial charge in [-0.1, -0.05) is 0 Å². The summed E-state index contributed by atoms with van der Waals surface area (Å²) < 4.78 is 5.38. The van der Waals surface area contributed by atoms with Gasteiger partial charge in [0.1, 0.15) is 12.3 Å². The lowest BCUT2D eigenvalue weighted by Crippen LogP contribution is -2.35. The van der Waals surface area contributed by atoms with Gasteiger partial charge in [0.25, 0.3) is 0 Å². The van der Waals surface area contributed by atoms with E-state index in [0.717, 1.165) is 0 Å². The molecule has 0 aromatic carbocycles. The average Bonchev–Trinajstić information content (AvgIpc) is 2.66. The van der Waals surface area contributed by atoms with E-state index in [9.17, 15) is 14.7 Å². The summed E-state index contributed by atoms with van der Waals surface area (Å²) in [4.78, 5) is 24.0. The summed E-state index contributed by atoms with van der Waals surface area (Å²) in [7, 11) is 0. The molecule has 0 unspecified atom stereocenters. The van der Waals surface area contributed by atoms with Crippen molar-refractivity contribution in [2.75, 3.05) is 6.61 Å². The molecule has 0 saturated carbocycles. The van der Waals surface area contributed by atoms with Crippen molar-refractivity contribution >= 4 is 11.7 Å². The highest BCUT2D eigenvalue weighted by Crippen LogP contribution is 2.24. The lowest BCUT2D eigenvalue weighted by molar-refractivity contribution is -0.138. The Morgan fingerprint density at radius 2 is 2.00 bits per heavy atom. The molecular weight excluding hydrogens is 238 g/mol. The zero-order valence-corrected chi connectivity index (χ0v) is 10.8. The predicted molar refractivity (Wildman–Crippen MR) is 63.3 cm³/mol. The van der Waals surface area contributed by atoms with Crippen molar-refractivity contribution in [2.45, 2.75) is 45.6 Å². The fourth-order valence-corrected chi connectivity index (χ4v) is 1.73. The molecule has 1 rings (SSSR count). The van der Waals surface area contributed by atoms with E-state index in [-0.39, 0.29) is 24.7 Å². The van der Waals surface area contributed by atoms with E-state index in [4.69, 9.17) is 9.84 Å². The Morgan fingerprint density at radius 1 is 1.39 bits per heavy atom. The fourth-order valence-electron chi connectivity index (χ4n) is 1.73. The van der Waals surface area contributed by atoms with Crippen molar-refractivity contribution in [3.05, 3.63) is 11.8 Å². The summed E-state index contributed by atoms with van der Waals surface area (Å²) in [5, 5.41) is 18.6. The molecular formula is C12H19NO5. The molecule has 1 fully saturated rings. The van der Waals surface area contributed by atoms with Crippen LogP contribution in [0.4, 0.5) is 0 Å². The van der Waals surface area contributed by atoms with Crippen LogP contribution in [0.25, 0.3) is 0 Å². The molecule has 0 aromatic rings. The zero-order chi connectivity index (χ0) is 13.9. The number of hydrogen-bond donors (Lipinski definition) is 2. The molecule has 0 aromatic heterocycles. The number of allylic oxidation sites excluding steroid dienone is 1. The smallest absolute Gasteiger partial charge is 0.225 e. The monoisotopic (exact) mass is 257 g/mol. The van der Waals surface area contributed by atoms with Gasteiger partial charge < -0.3 is 14.9 Å². The highest BCUT2D eigenvalue weighted by Gasteiger charge is 2.37. The number of carbonyl (C=O) groups excluding carboxylic acids is 2. The normalized spacial score (nSPS) is 28.3. The van der Waals surface area contributed by atoms with E-state index < -0.39 is 18.4 Å². The van der Waals surface area contributed by atoms with Crippen LogP contribution >= 0.6 is 0 Å². The first kappa shape index (κ1) is 14.8. The Bertz CT molecular complexity index is 365. The van der Waals surface area contributed by atoms with Gasteiger partial charge in [-0.15, -0.1) is 0 Å². The van der Waals surface area contributed by atoms with Crippen LogP contribution in [0.15, 0.2) is 11.8 Å². The van der Waals surface area contributed by atoms with E-state index in [1.165, 1.54) is 24.9 Å². The topological polar surface area (TPSA) is 87.1 Å². The second kappa shape index (κ2) is 6.08. The SMILES string of the molecule is CC(=O)/C(C)=C\N(C(C)=O)[C@H]1C[C@@H](O)[C@@H](CO)O1. The summed E-state index contributed by atoms with van der Waals surface area (Å²) in [6.45, 7) is 4.06. The third-order valence-corrected chi connectivity index (χ3v) is 2.95. The van der Waals surface area contributed by atoms with Crippen LogP contribution in [0.2, 0.25) is 0 Å². The summed E-state index contributed by atoms with van der Waals surface area (Å²) in [6, 6.07) is 0. The maximum atomic E-state index is 11.5. The fraction of sp³-hybridized carbons (Fsp3) is 0.667. The number of Topliss-reactive ketones (excluding diaryl/α,β-unsaturated/α-hetero) is 1. The maximum absolute atomic E-state index is 11.5. The summed E-state index contributed by atoms with van der Waals surface area (Å²) in [5.74, 6) is -0.426. The van der Waals surface area contributed by atoms with E-state index in [1.807, 2.05) is 0 Å². The van der Waals surface area contributed by atoms with Gasteiger partial charge in [0.2, 0.25) is 5.91 Å². The first-order valence-corrected chi connectivity index (χ1v) is 5.79. The molecule has 18 heavy (non-hydrogen) atoms. The molecule has 0 bridgehead atoms. The number of aliphatic hydroxyl groups is 2. The lowest BCUT2D eigenvalue weighted by Gasteiger charge is -2.24. The van der Waals surface area contributed by atoms with Crippen molar-refractivity contribution in [1.29, 1.82) is 0 Å². The number of rotatable bonds is 4. The number of ether oxygens (including phenoxy) is 1. The zero-order valence-electron chi connectivity index (χ0n) is 10.8. The maximum Gasteiger partial charge on any atom is 0.225 e. The predicted octanol–water partition coefficient (Wildman–Crippen LogP) is -0.204. The number of nitrogens with zero attached hydrogens (tertiary/aromatic N) is 1. The molecule has 1 aliphatic rings. The number of aliphatic hydroxyl groups excluding tert-OH is 2. The molecule has 0 spiro atoms. The summed E-state index contributed by atoms with van der Waals surface area (Å²) in [6.07, 6.45) is -0.520. The van der Waals surface area contributed by atoms with Crippen LogP contribution in [0.5, 0.6) is 0 Å². The second-order valence-corrected chi connectivity index (χ2v) is 4.41. The van der Waals surface area contributed by atoms with Crippen LogP contribution in [-0.4, -0.2) is 51.8 Å². The molecule has 0 aliphatic carbocycles. The number of carbonyl (C=O) groups is 2. The number of amides is 1. The standard InChI is InChI=1S/C12H19NO5/c1-7(8(2)15)5-13(9(3)16)12-4-10(17)11(6-14)18-12/h5,10-12,14,17H,4,6H2,1-3H3/b7-5-/t10-,11-,12-/m1/s1. The molecule has 102 valence electrons. The Labute approximate surface area is 106 Å². The lowest BCUT2D eigenvalue weighted by atomic mass is 10.2.